The van der Waals surface area contributed by atoms with Gasteiger partial charge in [0, 0.05) is 30.6 Å². The molecule has 0 aliphatic carbocycles. The van der Waals surface area contributed by atoms with Crippen LogP contribution in [0.25, 0.3) is 10.9 Å². The summed E-state index contributed by atoms with van der Waals surface area (Å²) in [6.45, 7) is 9.09. The smallest absolute Gasteiger partial charge is 0.218 e. The van der Waals surface area contributed by atoms with Crippen LogP contribution in [0.2, 0.25) is 0 Å². The van der Waals surface area contributed by atoms with Crippen LogP contribution in [0.15, 0.2) is 48.5 Å². The molecule has 0 unspecified atom stereocenters. The predicted molar refractivity (Wildman–Crippen MR) is 102 cm³/mol. The molecule has 25 heavy (non-hydrogen) atoms. The monoisotopic (exact) mass is 332 g/mol. The second-order valence-electron chi connectivity index (χ2n) is 7.12. The molecule has 0 saturated carbocycles. The number of nitrogens with zero attached hydrogens (tertiary/aromatic N) is 2. The molecule has 3 aromatic rings. The fourth-order valence-corrected chi connectivity index (χ4v) is 3.58. The lowest BCUT2D eigenvalue weighted by Crippen LogP contribution is -2.30. The molecule has 1 aliphatic heterocycles. The molecule has 1 aromatic heterocycles. The summed E-state index contributed by atoms with van der Waals surface area (Å²) in [7, 11) is 0. The van der Waals surface area contributed by atoms with E-state index in [0.717, 1.165) is 31.0 Å². The number of hydrogen-bond acceptors (Lipinski definition) is 3. The molecule has 1 aliphatic rings. The third-order valence-electron chi connectivity index (χ3n) is 5.02. The maximum Gasteiger partial charge on any atom is 0.218 e. The molecule has 0 N–H and O–H groups in total. The van der Waals surface area contributed by atoms with Gasteiger partial charge in [-0.3, -0.25) is 4.90 Å². The highest BCUT2D eigenvalue weighted by Gasteiger charge is 2.22. The van der Waals surface area contributed by atoms with E-state index in [2.05, 4.69) is 74.2 Å². The second kappa shape index (κ2) is 6.49. The van der Waals surface area contributed by atoms with Crippen molar-refractivity contribution in [3.63, 3.8) is 0 Å². The van der Waals surface area contributed by atoms with Crippen molar-refractivity contribution >= 4 is 10.9 Å². The Hall–Kier alpha value is -2.39. The topological polar surface area (TPSA) is 25.4 Å². The summed E-state index contributed by atoms with van der Waals surface area (Å²) in [5.74, 6) is 0.796. The zero-order valence-corrected chi connectivity index (χ0v) is 15.1. The number of pyridine rings is 1. The average molecular weight is 332 g/mol. The third kappa shape index (κ3) is 3.24. The van der Waals surface area contributed by atoms with Crippen molar-refractivity contribution in [1.29, 1.82) is 0 Å². The predicted octanol–water partition coefficient (Wildman–Crippen LogP) is 4.63. The quantitative estimate of drug-likeness (QED) is 0.684. The molecule has 3 heteroatoms. The molecule has 2 heterocycles. The minimum atomic E-state index is 0.125. The first-order valence-electron chi connectivity index (χ1n) is 8.93. The highest BCUT2D eigenvalue weighted by molar-refractivity contribution is 5.84. The molecule has 3 nitrogen and oxygen atoms in total. The fourth-order valence-electron chi connectivity index (χ4n) is 3.58. The zero-order chi connectivity index (χ0) is 17.4. The molecule has 0 fully saturated rings. The number of benzene rings is 2. The fraction of sp³-hybridized carbons (Fsp3) is 0.318. The normalized spacial score (nSPS) is 17.8. The molecule has 128 valence electrons. The van der Waals surface area contributed by atoms with Crippen molar-refractivity contribution in [1.82, 2.24) is 9.88 Å². The highest BCUT2D eigenvalue weighted by Crippen LogP contribution is 2.30. The van der Waals surface area contributed by atoms with Gasteiger partial charge >= 0.3 is 0 Å². The number of ether oxygens (including phenoxy) is 1. The Kier molecular flexibility index (Phi) is 4.18. The molecule has 0 spiro atoms. The molecule has 2 aromatic carbocycles. The van der Waals surface area contributed by atoms with Gasteiger partial charge in [0.05, 0.1) is 5.52 Å². The van der Waals surface area contributed by atoms with Crippen molar-refractivity contribution < 1.29 is 4.74 Å². The number of aryl methyl sites for hydroxylation is 2. The van der Waals surface area contributed by atoms with E-state index in [1.807, 2.05) is 0 Å². The van der Waals surface area contributed by atoms with Gasteiger partial charge < -0.3 is 4.74 Å². The van der Waals surface area contributed by atoms with Crippen LogP contribution in [0, 0.1) is 13.8 Å². The molecule has 0 radical (unpaired) electrons. The van der Waals surface area contributed by atoms with E-state index >= 15 is 0 Å². The van der Waals surface area contributed by atoms with Crippen molar-refractivity contribution in [2.75, 3.05) is 6.54 Å². The van der Waals surface area contributed by atoms with Gasteiger partial charge in [-0.05, 0) is 43.5 Å². The Bertz CT molecular complexity index is 905. The van der Waals surface area contributed by atoms with E-state index in [0.29, 0.717) is 0 Å². The molecular formula is C22H24N2O. The van der Waals surface area contributed by atoms with Crippen LogP contribution in [0.5, 0.6) is 5.88 Å². The van der Waals surface area contributed by atoms with Crippen LogP contribution in [0.4, 0.5) is 0 Å². The van der Waals surface area contributed by atoms with Gasteiger partial charge in [0.15, 0.2) is 0 Å². The minimum Gasteiger partial charge on any atom is -0.473 e. The second-order valence-corrected chi connectivity index (χ2v) is 7.12. The van der Waals surface area contributed by atoms with Gasteiger partial charge in [0.25, 0.3) is 0 Å². The molecule has 0 amide bonds. The average Bonchev–Trinajstić information content (AvgIpc) is 2.75. The van der Waals surface area contributed by atoms with Crippen LogP contribution in [-0.2, 0) is 13.1 Å². The van der Waals surface area contributed by atoms with Crippen molar-refractivity contribution in [2.45, 2.75) is 40.0 Å². The van der Waals surface area contributed by atoms with Crippen LogP contribution < -0.4 is 4.74 Å². The first kappa shape index (κ1) is 16.1. The highest BCUT2D eigenvalue weighted by atomic mass is 16.5. The van der Waals surface area contributed by atoms with E-state index in [9.17, 15) is 0 Å². The number of aromatic nitrogens is 1. The van der Waals surface area contributed by atoms with E-state index in [4.69, 9.17) is 9.72 Å². The Labute approximate surface area is 149 Å². The van der Waals surface area contributed by atoms with Crippen molar-refractivity contribution in [3.05, 3.63) is 70.8 Å². The number of hydrogen-bond donors (Lipinski definition) is 0. The lowest BCUT2D eigenvalue weighted by molar-refractivity contribution is 0.153. The maximum atomic E-state index is 6.17. The third-order valence-corrected chi connectivity index (χ3v) is 5.02. The van der Waals surface area contributed by atoms with Gasteiger partial charge in [-0.25, -0.2) is 4.98 Å². The summed E-state index contributed by atoms with van der Waals surface area (Å²) in [4.78, 5) is 7.32. The van der Waals surface area contributed by atoms with Gasteiger partial charge in [-0.2, -0.15) is 0 Å². The van der Waals surface area contributed by atoms with Crippen molar-refractivity contribution in [3.8, 4) is 5.88 Å². The molecular weight excluding hydrogens is 308 g/mol. The molecule has 1 atom stereocenters. The summed E-state index contributed by atoms with van der Waals surface area (Å²) in [5, 5.41) is 1.19. The number of fused-ring (bicyclic) bond motifs is 2. The van der Waals surface area contributed by atoms with E-state index < -0.39 is 0 Å². The lowest BCUT2D eigenvalue weighted by atomic mass is 10.0. The summed E-state index contributed by atoms with van der Waals surface area (Å²) < 4.78 is 6.17. The van der Waals surface area contributed by atoms with Crippen LogP contribution in [0.1, 0.15) is 29.2 Å². The lowest BCUT2D eigenvalue weighted by Gasteiger charge is -2.21. The summed E-state index contributed by atoms with van der Waals surface area (Å²) in [6, 6.07) is 17.2. The van der Waals surface area contributed by atoms with E-state index in [1.54, 1.807) is 0 Å². The molecule has 0 bridgehead atoms. The first-order valence-corrected chi connectivity index (χ1v) is 8.93. The van der Waals surface area contributed by atoms with Gasteiger partial charge in [0.1, 0.15) is 6.10 Å². The Morgan fingerprint density at radius 3 is 2.72 bits per heavy atom. The Balaban J connectivity index is 1.71. The van der Waals surface area contributed by atoms with E-state index in [1.165, 1.54) is 27.6 Å². The Morgan fingerprint density at radius 1 is 1.12 bits per heavy atom. The van der Waals surface area contributed by atoms with Gasteiger partial charge in [-0.1, -0.05) is 42.5 Å². The van der Waals surface area contributed by atoms with Crippen LogP contribution in [-0.4, -0.2) is 22.5 Å². The summed E-state index contributed by atoms with van der Waals surface area (Å²) >= 11 is 0. The SMILES string of the molecule is Cc1ccc2cc3c(nc2c1C)O[C@@H](C)CN(Cc1ccccc1)C3. The zero-order valence-electron chi connectivity index (χ0n) is 15.1. The molecule has 4 rings (SSSR count). The van der Waals surface area contributed by atoms with Crippen LogP contribution >= 0.6 is 0 Å². The first-order chi connectivity index (χ1) is 12.1. The maximum absolute atomic E-state index is 6.17. The Morgan fingerprint density at radius 2 is 1.92 bits per heavy atom. The number of rotatable bonds is 2. The van der Waals surface area contributed by atoms with Crippen LogP contribution in [0.3, 0.4) is 0 Å². The van der Waals surface area contributed by atoms with Gasteiger partial charge in [0.2, 0.25) is 5.88 Å². The minimum absolute atomic E-state index is 0.125. The largest absolute Gasteiger partial charge is 0.473 e. The summed E-state index contributed by atoms with van der Waals surface area (Å²) in [6.07, 6.45) is 0.125. The molecule has 0 saturated heterocycles. The van der Waals surface area contributed by atoms with E-state index in [-0.39, 0.29) is 6.10 Å². The standard InChI is InChI=1S/C22H24N2O/c1-15-9-10-19-11-20-14-24(13-18-7-5-4-6-8-18)12-16(2)25-22(20)23-21(19)17(15)3/h4-11,16H,12-14H2,1-3H3/t16-/m0/s1. The summed E-state index contributed by atoms with van der Waals surface area (Å²) in [5.41, 5.74) is 6.08. The van der Waals surface area contributed by atoms with Crippen molar-refractivity contribution in [2.24, 2.45) is 0 Å². The van der Waals surface area contributed by atoms with Gasteiger partial charge in [-0.15, -0.1) is 0 Å².